The van der Waals surface area contributed by atoms with Gasteiger partial charge in [-0.1, -0.05) is 72.8 Å². The van der Waals surface area contributed by atoms with Crippen LogP contribution in [0.1, 0.15) is 16.4 Å². The second-order valence-electron chi connectivity index (χ2n) is 7.89. The van der Waals surface area contributed by atoms with Crippen LogP contribution in [-0.2, 0) is 9.59 Å². The van der Waals surface area contributed by atoms with Gasteiger partial charge in [0, 0.05) is 28.4 Å². The number of hydrogen-bond donors (Lipinski definition) is 2. The van der Waals surface area contributed by atoms with Gasteiger partial charge in [-0.2, -0.15) is 0 Å². The fourth-order valence-corrected chi connectivity index (χ4v) is 4.60. The minimum absolute atomic E-state index is 0.153. The molecular formula is C30H26N2O3S. The molecule has 0 aliphatic carbocycles. The zero-order chi connectivity index (χ0) is 25.2. The largest absolute Gasteiger partial charge is 0.497 e. The zero-order valence-corrected chi connectivity index (χ0v) is 20.6. The molecule has 0 spiro atoms. The third-order valence-corrected chi connectivity index (χ3v) is 6.51. The fourth-order valence-electron chi connectivity index (χ4n) is 3.51. The highest BCUT2D eigenvalue weighted by Gasteiger charge is 2.22. The quantitative estimate of drug-likeness (QED) is 0.198. The molecule has 4 aromatic carbocycles. The predicted molar refractivity (Wildman–Crippen MR) is 147 cm³/mol. The third-order valence-electron chi connectivity index (χ3n) is 5.26. The molecule has 0 aromatic heterocycles. The van der Waals surface area contributed by atoms with Crippen LogP contribution in [-0.4, -0.2) is 18.9 Å². The Morgan fingerprint density at radius 3 is 2.17 bits per heavy atom. The monoisotopic (exact) mass is 494 g/mol. The topological polar surface area (TPSA) is 67.4 Å². The van der Waals surface area contributed by atoms with Crippen LogP contribution >= 0.6 is 11.8 Å². The van der Waals surface area contributed by atoms with Crippen molar-refractivity contribution in [2.24, 2.45) is 0 Å². The maximum atomic E-state index is 13.3. The van der Waals surface area contributed by atoms with E-state index in [1.807, 2.05) is 103 Å². The molecule has 0 aliphatic heterocycles. The van der Waals surface area contributed by atoms with E-state index in [-0.39, 0.29) is 11.8 Å². The average Bonchev–Trinajstić information content (AvgIpc) is 2.92. The lowest BCUT2D eigenvalue weighted by Crippen LogP contribution is -2.19. The maximum Gasteiger partial charge on any atom is 0.248 e. The van der Waals surface area contributed by atoms with Crippen LogP contribution in [0.5, 0.6) is 5.75 Å². The first-order valence-electron chi connectivity index (χ1n) is 11.4. The van der Waals surface area contributed by atoms with E-state index in [4.69, 9.17) is 4.74 Å². The Labute approximate surface area is 215 Å². The molecule has 0 fully saturated rings. The first-order chi connectivity index (χ1) is 17.6. The molecule has 0 saturated heterocycles. The molecule has 1 unspecified atom stereocenters. The van der Waals surface area contributed by atoms with Crippen LogP contribution in [0.25, 0.3) is 6.08 Å². The lowest BCUT2D eigenvalue weighted by molar-refractivity contribution is -0.116. The molecule has 36 heavy (non-hydrogen) atoms. The van der Waals surface area contributed by atoms with E-state index in [9.17, 15) is 9.59 Å². The summed E-state index contributed by atoms with van der Waals surface area (Å²) in [5.41, 5.74) is 3.14. The molecule has 2 N–H and O–H groups in total. The summed E-state index contributed by atoms with van der Waals surface area (Å²) in [7, 11) is 1.59. The molecule has 180 valence electrons. The molecule has 4 aromatic rings. The SMILES string of the molecule is COc1cccc(NC(=O)C(Sc2cccc(NC(=O)/C=C/c3ccccc3)c2)c2ccccc2)c1. The lowest BCUT2D eigenvalue weighted by Gasteiger charge is -2.18. The van der Waals surface area contributed by atoms with Crippen molar-refractivity contribution in [3.63, 3.8) is 0 Å². The summed E-state index contributed by atoms with van der Waals surface area (Å²) in [6, 6.07) is 34.0. The minimum atomic E-state index is -0.499. The number of carbonyl (C=O) groups is 2. The Hall–Kier alpha value is -4.29. The number of methoxy groups -OCH3 is 1. The second-order valence-corrected chi connectivity index (χ2v) is 9.07. The molecule has 0 saturated carbocycles. The summed E-state index contributed by atoms with van der Waals surface area (Å²) in [6.07, 6.45) is 3.27. The molecule has 4 rings (SSSR count). The Balaban J connectivity index is 1.49. The normalized spacial score (nSPS) is 11.6. The van der Waals surface area contributed by atoms with Crippen molar-refractivity contribution in [1.82, 2.24) is 0 Å². The number of anilines is 2. The first kappa shape index (κ1) is 24.8. The van der Waals surface area contributed by atoms with Crippen LogP contribution in [0.4, 0.5) is 11.4 Å². The zero-order valence-electron chi connectivity index (χ0n) is 19.8. The van der Waals surface area contributed by atoms with E-state index in [1.165, 1.54) is 17.8 Å². The molecule has 1 atom stereocenters. The number of hydrogen-bond acceptors (Lipinski definition) is 4. The average molecular weight is 495 g/mol. The molecule has 0 radical (unpaired) electrons. The van der Waals surface area contributed by atoms with Crippen LogP contribution in [0, 0.1) is 0 Å². The van der Waals surface area contributed by atoms with E-state index < -0.39 is 5.25 Å². The van der Waals surface area contributed by atoms with Crippen molar-refractivity contribution in [2.45, 2.75) is 10.1 Å². The van der Waals surface area contributed by atoms with Gasteiger partial charge in [-0.3, -0.25) is 9.59 Å². The molecule has 0 aliphatic rings. The number of amides is 2. The molecule has 6 heteroatoms. The Kier molecular flexibility index (Phi) is 8.57. The minimum Gasteiger partial charge on any atom is -0.497 e. The van der Waals surface area contributed by atoms with Gasteiger partial charge < -0.3 is 15.4 Å². The summed E-state index contributed by atoms with van der Waals surface area (Å²) in [4.78, 5) is 26.6. The number of rotatable bonds is 9. The number of nitrogens with one attached hydrogen (secondary N) is 2. The van der Waals surface area contributed by atoms with E-state index in [2.05, 4.69) is 10.6 Å². The molecule has 0 heterocycles. The standard InChI is InChI=1S/C30H26N2O3S/c1-35-26-16-8-14-24(20-26)32-30(34)29(23-12-6-3-7-13-23)36-27-17-9-15-25(21-27)31-28(33)19-18-22-10-4-2-5-11-22/h2-21,29H,1H3,(H,31,33)(H,32,34)/b19-18+. The van der Waals surface area contributed by atoms with Gasteiger partial charge in [0.2, 0.25) is 11.8 Å². The highest BCUT2D eigenvalue weighted by molar-refractivity contribution is 8.00. The van der Waals surface area contributed by atoms with Gasteiger partial charge >= 0.3 is 0 Å². The Morgan fingerprint density at radius 2 is 1.44 bits per heavy atom. The van der Waals surface area contributed by atoms with Gasteiger partial charge in [-0.15, -0.1) is 11.8 Å². The van der Waals surface area contributed by atoms with Gasteiger partial charge in [-0.25, -0.2) is 0 Å². The van der Waals surface area contributed by atoms with E-state index >= 15 is 0 Å². The molecule has 0 bridgehead atoms. The Morgan fingerprint density at radius 1 is 0.778 bits per heavy atom. The number of benzene rings is 4. The summed E-state index contributed by atoms with van der Waals surface area (Å²) in [5, 5.41) is 5.39. The van der Waals surface area contributed by atoms with Gasteiger partial charge in [0.1, 0.15) is 11.0 Å². The van der Waals surface area contributed by atoms with Crippen molar-refractivity contribution < 1.29 is 14.3 Å². The van der Waals surface area contributed by atoms with Crippen LogP contribution in [0.2, 0.25) is 0 Å². The van der Waals surface area contributed by atoms with Gasteiger partial charge in [-0.05, 0) is 47.5 Å². The van der Waals surface area contributed by atoms with Crippen molar-refractivity contribution >= 4 is 41.0 Å². The van der Waals surface area contributed by atoms with Crippen LogP contribution in [0.3, 0.4) is 0 Å². The number of carbonyl (C=O) groups excluding carboxylic acids is 2. The number of ether oxygens (including phenoxy) is 1. The van der Waals surface area contributed by atoms with Crippen molar-refractivity contribution in [2.75, 3.05) is 17.7 Å². The molecular weight excluding hydrogens is 468 g/mol. The highest BCUT2D eigenvalue weighted by Crippen LogP contribution is 2.37. The summed E-state index contributed by atoms with van der Waals surface area (Å²) in [5.74, 6) is 0.289. The lowest BCUT2D eigenvalue weighted by atomic mass is 10.1. The summed E-state index contributed by atoms with van der Waals surface area (Å²) >= 11 is 1.42. The fraction of sp³-hybridized carbons (Fsp3) is 0.0667. The second kappa shape index (κ2) is 12.4. The van der Waals surface area contributed by atoms with Crippen molar-refractivity contribution in [3.05, 3.63) is 126 Å². The number of thioether (sulfide) groups is 1. The van der Waals surface area contributed by atoms with Crippen LogP contribution < -0.4 is 15.4 Å². The highest BCUT2D eigenvalue weighted by atomic mass is 32.2. The molecule has 2 amide bonds. The van der Waals surface area contributed by atoms with Gasteiger partial charge in [0.25, 0.3) is 0 Å². The van der Waals surface area contributed by atoms with Gasteiger partial charge in [0.05, 0.1) is 7.11 Å². The predicted octanol–water partition coefficient (Wildman–Crippen LogP) is 6.82. The summed E-state index contributed by atoms with van der Waals surface area (Å²) < 4.78 is 5.27. The Bertz CT molecular complexity index is 1340. The smallest absolute Gasteiger partial charge is 0.248 e. The summed E-state index contributed by atoms with van der Waals surface area (Å²) in [6.45, 7) is 0. The van der Waals surface area contributed by atoms with E-state index in [0.717, 1.165) is 16.0 Å². The first-order valence-corrected chi connectivity index (χ1v) is 12.3. The van der Waals surface area contributed by atoms with E-state index in [1.54, 1.807) is 19.3 Å². The van der Waals surface area contributed by atoms with Crippen molar-refractivity contribution in [1.29, 1.82) is 0 Å². The van der Waals surface area contributed by atoms with Gasteiger partial charge in [0.15, 0.2) is 0 Å². The third kappa shape index (κ3) is 7.10. The van der Waals surface area contributed by atoms with Crippen LogP contribution in [0.15, 0.2) is 120 Å². The maximum absolute atomic E-state index is 13.3. The van der Waals surface area contributed by atoms with E-state index in [0.29, 0.717) is 17.1 Å². The van der Waals surface area contributed by atoms with Crippen molar-refractivity contribution in [3.8, 4) is 5.75 Å². The molecule has 5 nitrogen and oxygen atoms in total.